The zero-order chi connectivity index (χ0) is 12.0. The van der Waals surface area contributed by atoms with E-state index in [1.807, 2.05) is 11.8 Å². The number of hydrogen-bond acceptors (Lipinski definition) is 4. The van der Waals surface area contributed by atoms with Crippen LogP contribution < -0.4 is 0 Å². The molecule has 0 amide bonds. The van der Waals surface area contributed by atoms with Crippen LogP contribution in [-0.4, -0.2) is 30.4 Å². The van der Waals surface area contributed by atoms with Gasteiger partial charge < -0.3 is 9.53 Å². The number of carbonyl (C=O) groups excluding carboxylic acids is 2. The Labute approximate surface area is 101 Å². The molecule has 3 nitrogen and oxygen atoms in total. The maximum atomic E-state index is 11.2. The molecule has 4 heteroatoms. The van der Waals surface area contributed by atoms with Crippen LogP contribution in [0.1, 0.15) is 39.0 Å². The Bertz CT molecular complexity index is 259. The second-order valence-corrected chi connectivity index (χ2v) is 5.72. The van der Waals surface area contributed by atoms with Crippen molar-refractivity contribution in [3.63, 3.8) is 0 Å². The lowest BCUT2D eigenvalue weighted by molar-refractivity contribution is -0.141. The summed E-state index contributed by atoms with van der Waals surface area (Å²) < 4.78 is 4.69. The molecule has 1 rings (SSSR count). The van der Waals surface area contributed by atoms with Gasteiger partial charge in [-0.25, -0.2) is 0 Å². The molecule has 0 aromatic carbocycles. The fourth-order valence-electron chi connectivity index (χ4n) is 1.64. The summed E-state index contributed by atoms with van der Waals surface area (Å²) in [5.74, 6) is 2.21. The van der Waals surface area contributed by atoms with Gasteiger partial charge in [0.2, 0.25) is 0 Å². The van der Waals surface area contributed by atoms with Crippen molar-refractivity contribution in [1.82, 2.24) is 0 Å². The van der Waals surface area contributed by atoms with E-state index in [0.717, 1.165) is 30.8 Å². The molecule has 1 aliphatic rings. The van der Waals surface area contributed by atoms with E-state index in [0.29, 0.717) is 12.8 Å². The van der Waals surface area contributed by atoms with Crippen molar-refractivity contribution in [1.29, 1.82) is 0 Å². The molecule has 0 heterocycles. The fraction of sp³-hybridized carbons (Fsp3) is 0.833. The summed E-state index contributed by atoms with van der Waals surface area (Å²) in [6.45, 7) is 1.63. The minimum atomic E-state index is -0.0955. The molecule has 1 saturated carbocycles. The van der Waals surface area contributed by atoms with E-state index < -0.39 is 0 Å². The van der Waals surface area contributed by atoms with Gasteiger partial charge in [-0.15, -0.1) is 0 Å². The summed E-state index contributed by atoms with van der Waals surface area (Å²) in [6, 6.07) is 0. The Morgan fingerprint density at radius 3 is 2.56 bits per heavy atom. The number of methoxy groups -OCH3 is 1. The summed E-state index contributed by atoms with van der Waals surface area (Å²) >= 11 is 1.86. The summed E-state index contributed by atoms with van der Waals surface area (Å²) in [5, 5.41) is 0. The number of ether oxygens (including phenoxy) is 1. The van der Waals surface area contributed by atoms with E-state index in [1.165, 1.54) is 7.11 Å². The molecule has 0 aromatic rings. The molecule has 1 aliphatic carbocycles. The van der Waals surface area contributed by atoms with Crippen LogP contribution >= 0.6 is 11.8 Å². The molecule has 0 atom stereocenters. The van der Waals surface area contributed by atoms with Crippen LogP contribution in [0.15, 0.2) is 0 Å². The minimum Gasteiger partial charge on any atom is -0.469 e. The topological polar surface area (TPSA) is 43.4 Å². The predicted octanol–water partition coefficient (Wildman–Crippen LogP) is 2.43. The largest absolute Gasteiger partial charge is 0.469 e. The Kier molecular flexibility index (Phi) is 5.32. The SMILES string of the molecule is COC(=O)CC1(CSCCCC(C)=O)CC1. The molecular formula is C12H20O3S. The number of ketones is 1. The summed E-state index contributed by atoms with van der Waals surface area (Å²) in [7, 11) is 1.44. The standard InChI is InChI=1S/C12H20O3S/c1-10(13)4-3-7-16-9-12(5-6-12)8-11(14)15-2/h3-9H2,1-2H3. The molecule has 92 valence electrons. The average molecular weight is 244 g/mol. The van der Waals surface area contributed by atoms with Crippen LogP contribution in [0, 0.1) is 5.41 Å². The lowest BCUT2D eigenvalue weighted by atomic mass is 10.1. The smallest absolute Gasteiger partial charge is 0.306 e. The van der Waals surface area contributed by atoms with Crippen molar-refractivity contribution < 1.29 is 14.3 Å². The summed E-state index contributed by atoms with van der Waals surface area (Å²) in [6.07, 6.45) is 4.47. The highest BCUT2D eigenvalue weighted by Gasteiger charge is 2.44. The van der Waals surface area contributed by atoms with Gasteiger partial charge in [0.05, 0.1) is 13.5 Å². The molecule has 0 aromatic heterocycles. The minimum absolute atomic E-state index is 0.0955. The van der Waals surface area contributed by atoms with Gasteiger partial charge in [-0.2, -0.15) is 11.8 Å². The van der Waals surface area contributed by atoms with Gasteiger partial charge in [-0.1, -0.05) is 0 Å². The van der Waals surface area contributed by atoms with Crippen LogP contribution in [0.2, 0.25) is 0 Å². The third kappa shape index (κ3) is 5.01. The molecule has 0 unspecified atom stereocenters. The number of esters is 1. The van der Waals surface area contributed by atoms with Crippen molar-refractivity contribution >= 4 is 23.5 Å². The number of rotatable bonds is 8. The highest BCUT2D eigenvalue weighted by Crippen LogP contribution is 2.51. The second kappa shape index (κ2) is 6.28. The van der Waals surface area contributed by atoms with Gasteiger partial charge >= 0.3 is 5.97 Å². The molecule has 0 aliphatic heterocycles. The first-order chi connectivity index (χ1) is 7.58. The molecule has 0 radical (unpaired) electrons. The summed E-state index contributed by atoms with van der Waals surface area (Å²) in [5.41, 5.74) is 0.216. The average Bonchev–Trinajstić information content (AvgIpc) is 2.97. The second-order valence-electron chi connectivity index (χ2n) is 4.61. The third-order valence-electron chi connectivity index (χ3n) is 2.93. The third-order valence-corrected chi connectivity index (χ3v) is 4.32. The van der Waals surface area contributed by atoms with E-state index in [2.05, 4.69) is 0 Å². The van der Waals surface area contributed by atoms with Crippen LogP contribution in [0.4, 0.5) is 0 Å². The van der Waals surface area contributed by atoms with Crippen molar-refractivity contribution in [2.75, 3.05) is 18.6 Å². The maximum Gasteiger partial charge on any atom is 0.306 e. The van der Waals surface area contributed by atoms with E-state index >= 15 is 0 Å². The first-order valence-electron chi connectivity index (χ1n) is 5.72. The highest BCUT2D eigenvalue weighted by molar-refractivity contribution is 7.99. The molecule has 16 heavy (non-hydrogen) atoms. The van der Waals surface area contributed by atoms with Crippen molar-refractivity contribution in [3.05, 3.63) is 0 Å². The predicted molar refractivity (Wildman–Crippen MR) is 65.5 cm³/mol. The Balaban J connectivity index is 2.08. The van der Waals surface area contributed by atoms with E-state index in [-0.39, 0.29) is 17.2 Å². The van der Waals surface area contributed by atoms with E-state index in [9.17, 15) is 9.59 Å². The normalized spacial score (nSPS) is 16.9. The lowest BCUT2D eigenvalue weighted by Gasteiger charge is -2.12. The zero-order valence-electron chi connectivity index (χ0n) is 10.1. The van der Waals surface area contributed by atoms with Gasteiger partial charge in [0.1, 0.15) is 5.78 Å². The van der Waals surface area contributed by atoms with Crippen molar-refractivity contribution in [3.8, 4) is 0 Å². The molecule has 0 N–H and O–H groups in total. The van der Waals surface area contributed by atoms with Crippen LogP contribution in [-0.2, 0) is 14.3 Å². The van der Waals surface area contributed by atoms with E-state index in [4.69, 9.17) is 4.74 Å². The molecule has 0 bridgehead atoms. The van der Waals surface area contributed by atoms with Crippen molar-refractivity contribution in [2.24, 2.45) is 5.41 Å². The highest BCUT2D eigenvalue weighted by atomic mass is 32.2. The van der Waals surface area contributed by atoms with E-state index in [1.54, 1.807) is 6.92 Å². The number of hydrogen-bond donors (Lipinski definition) is 0. The number of thioether (sulfide) groups is 1. The molecule has 0 saturated heterocycles. The van der Waals surface area contributed by atoms with Crippen LogP contribution in [0.3, 0.4) is 0 Å². The monoisotopic (exact) mass is 244 g/mol. The van der Waals surface area contributed by atoms with Gasteiger partial charge in [0.15, 0.2) is 0 Å². The van der Waals surface area contributed by atoms with Crippen LogP contribution in [0.5, 0.6) is 0 Å². The van der Waals surface area contributed by atoms with Crippen LogP contribution in [0.25, 0.3) is 0 Å². The Morgan fingerprint density at radius 1 is 1.38 bits per heavy atom. The molecule has 0 spiro atoms. The first kappa shape index (κ1) is 13.6. The Hall–Kier alpha value is -0.510. The molecular weight excluding hydrogens is 224 g/mol. The summed E-state index contributed by atoms with van der Waals surface area (Å²) in [4.78, 5) is 21.9. The first-order valence-corrected chi connectivity index (χ1v) is 6.87. The zero-order valence-corrected chi connectivity index (χ0v) is 10.9. The molecule has 1 fully saturated rings. The van der Waals surface area contributed by atoms with Gasteiger partial charge in [0, 0.05) is 6.42 Å². The maximum absolute atomic E-state index is 11.2. The number of Topliss-reactive ketones (excluding diaryl/α,β-unsaturated/α-hetero) is 1. The lowest BCUT2D eigenvalue weighted by Crippen LogP contribution is -2.13. The van der Waals surface area contributed by atoms with Crippen molar-refractivity contribution in [2.45, 2.75) is 39.0 Å². The quantitative estimate of drug-likeness (QED) is 0.486. The van der Waals surface area contributed by atoms with Gasteiger partial charge in [-0.3, -0.25) is 4.79 Å². The van der Waals surface area contributed by atoms with Gasteiger partial charge in [-0.05, 0) is 43.1 Å². The van der Waals surface area contributed by atoms with Gasteiger partial charge in [0.25, 0.3) is 0 Å². The Morgan fingerprint density at radius 2 is 2.06 bits per heavy atom. The number of carbonyl (C=O) groups is 2. The fourth-order valence-corrected chi connectivity index (χ4v) is 2.96.